The van der Waals surface area contributed by atoms with Gasteiger partial charge in [-0.25, -0.2) is 0 Å². The van der Waals surface area contributed by atoms with Gasteiger partial charge in [0.15, 0.2) is 5.78 Å². The molecule has 1 N–H and O–H groups in total. The Morgan fingerprint density at radius 1 is 1.50 bits per heavy atom. The van der Waals surface area contributed by atoms with E-state index in [0.717, 1.165) is 5.70 Å². The molecule has 0 aromatic rings. The minimum atomic E-state index is 0.0299. The first kappa shape index (κ1) is 10.8. The van der Waals surface area contributed by atoms with Crippen LogP contribution in [0.25, 0.3) is 0 Å². The van der Waals surface area contributed by atoms with E-state index < -0.39 is 0 Å². The normalized spacial score (nSPS) is 16.2. The highest BCUT2D eigenvalue weighted by Gasteiger charge is 2.19. The van der Waals surface area contributed by atoms with E-state index in [1.165, 1.54) is 0 Å². The number of nitrogens with one attached hydrogen (secondary N) is 1. The number of allylic oxidation sites excluding steroid dienone is 4. The molecule has 0 fully saturated rings. The molecule has 0 spiro atoms. The molecule has 2 nitrogen and oxygen atoms in total. The third kappa shape index (κ3) is 3.21. The maximum absolute atomic E-state index is 11.8. The van der Waals surface area contributed by atoms with Crippen molar-refractivity contribution in [3.63, 3.8) is 0 Å². The molecule has 1 heterocycles. The molecule has 0 saturated heterocycles. The van der Waals surface area contributed by atoms with Gasteiger partial charge in [-0.1, -0.05) is 33.4 Å². The van der Waals surface area contributed by atoms with Crippen molar-refractivity contribution in [1.29, 1.82) is 0 Å². The van der Waals surface area contributed by atoms with Gasteiger partial charge < -0.3 is 5.32 Å². The Morgan fingerprint density at radius 2 is 2.14 bits per heavy atom. The number of dihydropyridines is 1. The smallest absolute Gasteiger partial charge is 0.179 e. The van der Waals surface area contributed by atoms with Gasteiger partial charge >= 0.3 is 0 Å². The van der Waals surface area contributed by atoms with Crippen LogP contribution in [0.3, 0.4) is 0 Å². The SMILES string of the molecule is C=C1C=CC=C(C(=O)CC(C)(C)C)N1. The van der Waals surface area contributed by atoms with E-state index >= 15 is 0 Å². The van der Waals surface area contributed by atoms with Crippen LogP contribution in [-0.4, -0.2) is 5.78 Å². The van der Waals surface area contributed by atoms with Crippen LogP contribution in [0, 0.1) is 5.41 Å². The van der Waals surface area contributed by atoms with Crippen molar-refractivity contribution in [2.75, 3.05) is 0 Å². The molecule has 0 aromatic heterocycles. The number of ketones is 1. The summed E-state index contributed by atoms with van der Waals surface area (Å²) in [4.78, 5) is 11.8. The molecule has 1 aliphatic rings. The Labute approximate surface area is 85.4 Å². The van der Waals surface area contributed by atoms with Crippen molar-refractivity contribution in [1.82, 2.24) is 5.32 Å². The lowest BCUT2D eigenvalue weighted by molar-refractivity contribution is -0.117. The average molecular weight is 191 g/mol. The minimum absolute atomic E-state index is 0.0299. The Morgan fingerprint density at radius 3 is 2.64 bits per heavy atom. The molecular weight excluding hydrogens is 174 g/mol. The lowest BCUT2D eigenvalue weighted by atomic mass is 9.89. The van der Waals surface area contributed by atoms with Gasteiger partial charge in [-0.15, -0.1) is 0 Å². The molecule has 2 heteroatoms. The fourth-order valence-electron chi connectivity index (χ4n) is 1.26. The fraction of sp³-hybridized carbons (Fsp3) is 0.417. The third-order valence-electron chi connectivity index (χ3n) is 1.85. The highest BCUT2D eigenvalue weighted by Crippen LogP contribution is 2.21. The van der Waals surface area contributed by atoms with Gasteiger partial charge in [-0.2, -0.15) is 0 Å². The Hall–Kier alpha value is -1.31. The Bertz CT molecular complexity index is 316. The van der Waals surface area contributed by atoms with Crippen molar-refractivity contribution >= 4 is 5.78 Å². The van der Waals surface area contributed by atoms with Crippen LogP contribution in [0.2, 0.25) is 0 Å². The molecule has 0 bridgehead atoms. The van der Waals surface area contributed by atoms with Crippen LogP contribution in [0.4, 0.5) is 0 Å². The van der Waals surface area contributed by atoms with Crippen LogP contribution in [0.5, 0.6) is 0 Å². The Balaban J connectivity index is 2.67. The molecule has 0 aromatic carbocycles. The minimum Gasteiger partial charge on any atom is -0.353 e. The first-order valence-corrected chi connectivity index (χ1v) is 4.76. The summed E-state index contributed by atoms with van der Waals surface area (Å²) in [6, 6.07) is 0. The van der Waals surface area contributed by atoms with Crippen LogP contribution in [0.15, 0.2) is 36.2 Å². The number of carbonyl (C=O) groups is 1. The van der Waals surface area contributed by atoms with E-state index in [1.54, 1.807) is 6.08 Å². The second kappa shape index (κ2) is 3.82. The van der Waals surface area contributed by atoms with Gasteiger partial charge in [0.1, 0.15) is 0 Å². The van der Waals surface area contributed by atoms with Crippen LogP contribution < -0.4 is 5.32 Å². The van der Waals surface area contributed by atoms with Crippen molar-refractivity contribution in [2.24, 2.45) is 5.41 Å². The zero-order valence-electron chi connectivity index (χ0n) is 9.05. The number of Topliss-reactive ketones (excluding diaryl/α,β-unsaturated/α-hetero) is 1. The van der Waals surface area contributed by atoms with Crippen LogP contribution in [-0.2, 0) is 4.79 Å². The molecule has 1 aliphatic heterocycles. The lowest BCUT2D eigenvalue weighted by Crippen LogP contribution is -2.24. The Kier molecular flexibility index (Phi) is 2.94. The molecule has 0 saturated carbocycles. The topological polar surface area (TPSA) is 29.1 Å². The van der Waals surface area contributed by atoms with E-state index in [-0.39, 0.29) is 11.2 Å². The second-order valence-corrected chi connectivity index (χ2v) is 4.75. The molecule has 0 amide bonds. The summed E-state index contributed by atoms with van der Waals surface area (Å²) in [6.45, 7) is 9.92. The predicted molar refractivity (Wildman–Crippen MR) is 58.6 cm³/mol. The zero-order chi connectivity index (χ0) is 10.8. The van der Waals surface area contributed by atoms with Gasteiger partial charge in [0.25, 0.3) is 0 Å². The molecule has 0 unspecified atom stereocenters. The van der Waals surface area contributed by atoms with E-state index in [0.29, 0.717) is 12.1 Å². The van der Waals surface area contributed by atoms with Gasteiger partial charge in [0.05, 0.1) is 5.70 Å². The van der Waals surface area contributed by atoms with Gasteiger partial charge in [-0.05, 0) is 17.6 Å². The number of carbonyl (C=O) groups excluding carboxylic acids is 1. The van der Waals surface area contributed by atoms with E-state index in [9.17, 15) is 4.79 Å². The number of hydrogen-bond acceptors (Lipinski definition) is 2. The molecule has 1 rings (SSSR count). The summed E-state index contributed by atoms with van der Waals surface area (Å²) in [5.74, 6) is 0.142. The largest absolute Gasteiger partial charge is 0.353 e. The monoisotopic (exact) mass is 191 g/mol. The molecule has 0 aliphatic carbocycles. The van der Waals surface area contributed by atoms with Crippen LogP contribution in [0.1, 0.15) is 27.2 Å². The zero-order valence-corrected chi connectivity index (χ0v) is 9.05. The molecule has 0 atom stereocenters. The quantitative estimate of drug-likeness (QED) is 0.726. The predicted octanol–water partition coefficient (Wildman–Crippen LogP) is 2.55. The van der Waals surface area contributed by atoms with Gasteiger partial charge in [-0.3, -0.25) is 4.79 Å². The van der Waals surface area contributed by atoms with Crippen molar-refractivity contribution < 1.29 is 4.79 Å². The molecule has 0 radical (unpaired) electrons. The third-order valence-corrected chi connectivity index (χ3v) is 1.85. The first-order valence-electron chi connectivity index (χ1n) is 4.76. The summed E-state index contributed by atoms with van der Waals surface area (Å²) in [5.41, 5.74) is 1.44. The average Bonchev–Trinajstić information content (AvgIpc) is 2.01. The van der Waals surface area contributed by atoms with Crippen molar-refractivity contribution in [3.05, 3.63) is 36.2 Å². The van der Waals surface area contributed by atoms with E-state index in [2.05, 4.69) is 32.7 Å². The summed E-state index contributed by atoms with van der Waals surface area (Å²) in [6.07, 6.45) is 6.03. The summed E-state index contributed by atoms with van der Waals surface area (Å²) in [5, 5.41) is 2.97. The maximum atomic E-state index is 11.8. The molecule has 14 heavy (non-hydrogen) atoms. The van der Waals surface area contributed by atoms with Gasteiger partial charge in [0, 0.05) is 12.1 Å². The van der Waals surface area contributed by atoms with Gasteiger partial charge in [0.2, 0.25) is 0 Å². The van der Waals surface area contributed by atoms with Crippen LogP contribution >= 0.6 is 0 Å². The summed E-state index contributed by atoms with van der Waals surface area (Å²) in [7, 11) is 0. The first-order chi connectivity index (χ1) is 6.38. The maximum Gasteiger partial charge on any atom is 0.179 e. The summed E-state index contributed by atoms with van der Waals surface area (Å²) >= 11 is 0. The second-order valence-electron chi connectivity index (χ2n) is 4.75. The fourth-order valence-corrected chi connectivity index (χ4v) is 1.26. The summed E-state index contributed by atoms with van der Waals surface area (Å²) < 4.78 is 0. The standard InChI is InChI=1S/C12H17NO/c1-9-6-5-7-10(13-9)11(14)8-12(2,3)4/h5-7,13H,1,8H2,2-4H3. The lowest BCUT2D eigenvalue weighted by Gasteiger charge is -2.19. The van der Waals surface area contributed by atoms with Crippen molar-refractivity contribution in [3.8, 4) is 0 Å². The number of rotatable bonds is 2. The molecular formula is C12H17NO. The highest BCUT2D eigenvalue weighted by atomic mass is 16.1. The van der Waals surface area contributed by atoms with Crippen molar-refractivity contribution in [2.45, 2.75) is 27.2 Å². The van der Waals surface area contributed by atoms with E-state index in [1.807, 2.05) is 12.2 Å². The highest BCUT2D eigenvalue weighted by molar-refractivity contribution is 5.96. The van der Waals surface area contributed by atoms with E-state index in [4.69, 9.17) is 0 Å². The molecule has 76 valence electrons. The number of hydrogen-bond donors (Lipinski definition) is 1.